The Labute approximate surface area is 119 Å². The van der Waals surface area contributed by atoms with Crippen molar-refractivity contribution in [2.45, 2.75) is 13.8 Å². The standard InChI is InChI=1S/C15H20N2O3/c1-4-20-15(18)11-17(7-8-19-3)14-6-5-13(10-16)12(2)9-14/h5-6,9H,4,7-8,11H2,1-3H3. The molecule has 1 aromatic carbocycles. The van der Waals surface area contributed by atoms with Crippen LogP contribution in [0.3, 0.4) is 0 Å². The van der Waals surface area contributed by atoms with Crippen LogP contribution in [0, 0.1) is 18.3 Å². The van der Waals surface area contributed by atoms with E-state index in [-0.39, 0.29) is 12.5 Å². The number of benzene rings is 1. The molecule has 5 nitrogen and oxygen atoms in total. The van der Waals surface area contributed by atoms with Crippen LogP contribution >= 0.6 is 0 Å². The Morgan fingerprint density at radius 2 is 2.20 bits per heavy atom. The van der Waals surface area contributed by atoms with Gasteiger partial charge in [0.05, 0.1) is 24.8 Å². The Balaban J connectivity index is 2.89. The summed E-state index contributed by atoms with van der Waals surface area (Å²) < 4.78 is 10.0. The average molecular weight is 276 g/mol. The number of carbonyl (C=O) groups is 1. The van der Waals surface area contributed by atoms with Crippen LogP contribution in [0.5, 0.6) is 0 Å². The molecule has 0 saturated carbocycles. The predicted octanol–water partition coefficient (Wildman–Crippen LogP) is 1.88. The maximum Gasteiger partial charge on any atom is 0.325 e. The fraction of sp³-hybridized carbons (Fsp3) is 0.467. The lowest BCUT2D eigenvalue weighted by atomic mass is 10.1. The van der Waals surface area contributed by atoms with Crippen molar-refractivity contribution in [2.24, 2.45) is 0 Å². The van der Waals surface area contributed by atoms with E-state index in [1.54, 1.807) is 20.1 Å². The zero-order valence-electron chi connectivity index (χ0n) is 12.2. The number of nitriles is 1. The molecule has 108 valence electrons. The molecular formula is C15H20N2O3. The lowest BCUT2D eigenvalue weighted by Crippen LogP contribution is -2.33. The molecular weight excluding hydrogens is 256 g/mol. The zero-order valence-corrected chi connectivity index (χ0v) is 12.2. The summed E-state index contributed by atoms with van der Waals surface area (Å²) in [6.45, 7) is 5.29. The van der Waals surface area contributed by atoms with Crippen molar-refractivity contribution in [1.29, 1.82) is 5.26 Å². The average Bonchev–Trinajstić information content (AvgIpc) is 2.43. The number of ether oxygens (including phenoxy) is 2. The van der Waals surface area contributed by atoms with Crippen LogP contribution < -0.4 is 4.90 Å². The second kappa shape index (κ2) is 8.18. The maximum atomic E-state index is 11.6. The first kappa shape index (κ1) is 16.0. The number of esters is 1. The molecule has 1 rings (SSSR count). The normalized spacial score (nSPS) is 9.90. The Kier molecular flexibility index (Phi) is 6.54. The summed E-state index contributed by atoms with van der Waals surface area (Å²) in [7, 11) is 1.62. The number of rotatable bonds is 7. The van der Waals surface area contributed by atoms with Crippen LogP contribution in [-0.2, 0) is 14.3 Å². The van der Waals surface area contributed by atoms with Crippen molar-refractivity contribution in [3.63, 3.8) is 0 Å². The highest BCUT2D eigenvalue weighted by atomic mass is 16.5. The monoisotopic (exact) mass is 276 g/mol. The Hall–Kier alpha value is -2.06. The third-order valence-electron chi connectivity index (χ3n) is 2.89. The third kappa shape index (κ3) is 4.56. The van der Waals surface area contributed by atoms with Gasteiger partial charge in [0.1, 0.15) is 6.54 Å². The van der Waals surface area contributed by atoms with Crippen molar-refractivity contribution in [2.75, 3.05) is 38.3 Å². The van der Waals surface area contributed by atoms with Gasteiger partial charge >= 0.3 is 5.97 Å². The molecule has 1 aromatic rings. The van der Waals surface area contributed by atoms with Crippen LogP contribution in [0.25, 0.3) is 0 Å². The molecule has 0 radical (unpaired) electrons. The van der Waals surface area contributed by atoms with Gasteiger partial charge in [0.25, 0.3) is 0 Å². The van der Waals surface area contributed by atoms with Gasteiger partial charge in [0.15, 0.2) is 0 Å². The van der Waals surface area contributed by atoms with E-state index in [9.17, 15) is 4.79 Å². The molecule has 0 saturated heterocycles. The minimum absolute atomic E-state index is 0.169. The molecule has 0 N–H and O–H groups in total. The quantitative estimate of drug-likeness (QED) is 0.712. The van der Waals surface area contributed by atoms with E-state index in [1.807, 2.05) is 24.0 Å². The first-order valence-corrected chi connectivity index (χ1v) is 6.52. The van der Waals surface area contributed by atoms with Crippen molar-refractivity contribution >= 4 is 11.7 Å². The van der Waals surface area contributed by atoms with Crippen LogP contribution in [0.1, 0.15) is 18.1 Å². The smallest absolute Gasteiger partial charge is 0.325 e. The zero-order chi connectivity index (χ0) is 15.0. The van der Waals surface area contributed by atoms with E-state index >= 15 is 0 Å². The van der Waals surface area contributed by atoms with Crippen LogP contribution in [0.15, 0.2) is 18.2 Å². The van der Waals surface area contributed by atoms with Gasteiger partial charge in [0, 0.05) is 19.3 Å². The minimum Gasteiger partial charge on any atom is -0.465 e. The number of nitrogens with zero attached hydrogens (tertiary/aromatic N) is 2. The fourth-order valence-electron chi connectivity index (χ4n) is 1.83. The molecule has 0 amide bonds. The van der Waals surface area contributed by atoms with Crippen molar-refractivity contribution in [3.8, 4) is 6.07 Å². The Morgan fingerprint density at radius 1 is 1.45 bits per heavy atom. The Morgan fingerprint density at radius 3 is 2.75 bits per heavy atom. The Bertz CT molecular complexity index is 494. The van der Waals surface area contributed by atoms with Crippen molar-refractivity contribution < 1.29 is 14.3 Å². The lowest BCUT2D eigenvalue weighted by Gasteiger charge is -2.24. The number of carbonyl (C=O) groups excluding carboxylic acids is 1. The topological polar surface area (TPSA) is 62.6 Å². The predicted molar refractivity (Wildman–Crippen MR) is 76.6 cm³/mol. The fourth-order valence-corrected chi connectivity index (χ4v) is 1.83. The third-order valence-corrected chi connectivity index (χ3v) is 2.89. The van der Waals surface area contributed by atoms with Gasteiger partial charge in [-0.15, -0.1) is 0 Å². The highest BCUT2D eigenvalue weighted by Crippen LogP contribution is 2.18. The van der Waals surface area contributed by atoms with Crippen molar-refractivity contribution in [1.82, 2.24) is 0 Å². The lowest BCUT2D eigenvalue weighted by molar-refractivity contribution is -0.141. The minimum atomic E-state index is -0.273. The SMILES string of the molecule is CCOC(=O)CN(CCOC)c1ccc(C#N)c(C)c1. The summed E-state index contributed by atoms with van der Waals surface area (Å²) in [6, 6.07) is 7.62. The second-order valence-electron chi connectivity index (χ2n) is 4.33. The molecule has 0 bridgehead atoms. The van der Waals surface area contributed by atoms with Gasteiger partial charge in [-0.25, -0.2) is 0 Å². The van der Waals surface area contributed by atoms with E-state index in [2.05, 4.69) is 6.07 Å². The number of hydrogen-bond donors (Lipinski definition) is 0. The summed E-state index contributed by atoms with van der Waals surface area (Å²) in [5.41, 5.74) is 2.40. The van der Waals surface area contributed by atoms with Gasteiger partial charge in [-0.2, -0.15) is 5.26 Å². The number of aryl methyl sites for hydroxylation is 1. The maximum absolute atomic E-state index is 11.6. The van der Waals surface area contributed by atoms with Gasteiger partial charge in [-0.05, 0) is 37.6 Å². The van der Waals surface area contributed by atoms with E-state index in [1.165, 1.54) is 0 Å². The number of anilines is 1. The molecule has 0 atom stereocenters. The van der Waals surface area contributed by atoms with Crippen LogP contribution in [0.4, 0.5) is 5.69 Å². The summed E-state index contributed by atoms with van der Waals surface area (Å²) in [4.78, 5) is 13.5. The molecule has 20 heavy (non-hydrogen) atoms. The molecule has 0 heterocycles. The summed E-state index contributed by atoms with van der Waals surface area (Å²) in [5.74, 6) is -0.273. The largest absolute Gasteiger partial charge is 0.465 e. The van der Waals surface area contributed by atoms with Crippen LogP contribution in [-0.4, -0.2) is 39.4 Å². The van der Waals surface area contributed by atoms with Gasteiger partial charge in [-0.1, -0.05) is 0 Å². The highest BCUT2D eigenvalue weighted by molar-refractivity contribution is 5.76. The number of hydrogen-bond acceptors (Lipinski definition) is 5. The van der Waals surface area contributed by atoms with Gasteiger partial charge in [-0.3, -0.25) is 4.79 Å². The van der Waals surface area contributed by atoms with E-state index < -0.39 is 0 Å². The van der Waals surface area contributed by atoms with Gasteiger partial charge < -0.3 is 14.4 Å². The first-order valence-electron chi connectivity index (χ1n) is 6.52. The molecule has 0 aliphatic rings. The molecule has 0 unspecified atom stereocenters. The first-order chi connectivity index (χ1) is 9.62. The molecule has 5 heteroatoms. The molecule has 0 aliphatic heterocycles. The molecule has 0 spiro atoms. The summed E-state index contributed by atoms with van der Waals surface area (Å²) >= 11 is 0. The number of methoxy groups -OCH3 is 1. The molecule has 0 aromatic heterocycles. The summed E-state index contributed by atoms with van der Waals surface area (Å²) in [6.07, 6.45) is 0. The summed E-state index contributed by atoms with van der Waals surface area (Å²) in [5, 5.41) is 8.95. The van der Waals surface area contributed by atoms with Crippen LogP contribution in [0.2, 0.25) is 0 Å². The molecule has 0 aliphatic carbocycles. The van der Waals surface area contributed by atoms with E-state index in [0.717, 1.165) is 11.3 Å². The molecule has 0 fully saturated rings. The van der Waals surface area contributed by atoms with E-state index in [0.29, 0.717) is 25.3 Å². The second-order valence-corrected chi connectivity index (χ2v) is 4.33. The van der Waals surface area contributed by atoms with Crippen molar-refractivity contribution in [3.05, 3.63) is 29.3 Å². The highest BCUT2D eigenvalue weighted by Gasteiger charge is 2.13. The van der Waals surface area contributed by atoms with Gasteiger partial charge in [0.2, 0.25) is 0 Å². The van der Waals surface area contributed by atoms with E-state index in [4.69, 9.17) is 14.7 Å².